The number of carbonyl (C=O) groups is 1. The van der Waals surface area contributed by atoms with Crippen molar-refractivity contribution in [1.82, 2.24) is 14.3 Å². The molecule has 1 amide bonds. The summed E-state index contributed by atoms with van der Waals surface area (Å²) in [7, 11) is 0. The molecule has 8 heteroatoms. The number of carbonyl (C=O) groups excluding carboxylic acids is 1. The van der Waals surface area contributed by atoms with Crippen LogP contribution in [0.25, 0.3) is 11.7 Å². The highest BCUT2D eigenvalue weighted by atomic mass is 32.2. The number of nitrogens with zero attached hydrogens (tertiary/aromatic N) is 3. The first-order valence-corrected chi connectivity index (χ1v) is 10.7. The molecule has 28 heavy (non-hydrogen) atoms. The van der Waals surface area contributed by atoms with Crippen molar-refractivity contribution in [2.75, 3.05) is 18.4 Å². The quantitative estimate of drug-likeness (QED) is 0.548. The van der Waals surface area contributed by atoms with E-state index in [-0.39, 0.29) is 11.5 Å². The lowest BCUT2D eigenvalue weighted by Gasteiger charge is -2.13. The van der Waals surface area contributed by atoms with Crippen molar-refractivity contribution in [2.45, 2.75) is 33.6 Å². The summed E-state index contributed by atoms with van der Waals surface area (Å²) in [5.74, 6) is 0.732. The maximum absolute atomic E-state index is 13.1. The molecule has 0 atom stereocenters. The predicted molar refractivity (Wildman–Crippen MR) is 120 cm³/mol. The number of anilines is 1. The van der Waals surface area contributed by atoms with Crippen LogP contribution < -0.4 is 10.9 Å². The first kappa shape index (κ1) is 20.5. The lowest BCUT2D eigenvalue weighted by atomic mass is 10.2. The number of fused-ring (bicyclic) bond motifs is 1. The normalized spacial score (nSPS) is 16.0. The lowest BCUT2D eigenvalue weighted by molar-refractivity contribution is -0.122. The van der Waals surface area contributed by atoms with E-state index in [0.29, 0.717) is 45.3 Å². The summed E-state index contributed by atoms with van der Waals surface area (Å²) >= 11 is 6.60. The van der Waals surface area contributed by atoms with Crippen molar-refractivity contribution in [1.29, 1.82) is 0 Å². The van der Waals surface area contributed by atoms with Crippen LogP contribution in [0.15, 0.2) is 34.1 Å². The van der Waals surface area contributed by atoms with Gasteiger partial charge in [0.05, 0.1) is 10.5 Å². The van der Waals surface area contributed by atoms with Gasteiger partial charge in [0.15, 0.2) is 0 Å². The van der Waals surface area contributed by atoms with Gasteiger partial charge in [-0.1, -0.05) is 57.2 Å². The fourth-order valence-electron chi connectivity index (χ4n) is 2.81. The summed E-state index contributed by atoms with van der Waals surface area (Å²) in [6.45, 7) is 7.51. The highest BCUT2D eigenvalue weighted by Crippen LogP contribution is 2.33. The Morgan fingerprint density at radius 2 is 2.11 bits per heavy atom. The second-order valence-corrected chi connectivity index (χ2v) is 8.75. The fourth-order valence-corrected chi connectivity index (χ4v) is 4.10. The summed E-state index contributed by atoms with van der Waals surface area (Å²) < 4.78 is 2.03. The zero-order valence-electron chi connectivity index (χ0n) is 16.3. The van der Waals surface area contributed by atoms with Crippen molar-refractivity contribution >= 4 is 51.7 Å². The third kappa shape index (κ3) is 4.28. The largest absolute Gasteiger partial charge is 0.369 e. The van der Waals surface area contributed by atoms with E-state index in [0.717, 1.165) is 12.8 Å². The molecule has 0 aliphatic carbocycles. The molecule has 0 aromatic carbocycles. The molecule has 148 valence electrons. The van der Waals surface area contributed by atoms with E-state index >= 15 is 0 Å². The molecule has 3 heterocycles. The molecular weight excluding hydrogens is 392 g/mol. The Labute approximate surface area is 174 Å². The van der Waals surface area contributed by atoms with E-state index in [1.165, 1.54) is 16.2 Å². The maximum atomic E-state index is 13.1. The molecular formula is C20H24N4O2S2. The molecule has 3 rings (SSSR count). The van der Waals surface area contributed by atoms with E-state index in [4.69, 9.17) is 12.2 Å². The van der Waals surface area contributed by atoms with Gasteiger partial charge < -0.3 is 5.32 Å². The van der Waals surface area contributed by atoms with E-state index in [1.54, 1.807) is 29.3 Å². The van der Waals surface area contributed by atoms with E-state index in [2.05, 4.69) is 31.1 Å². The summed E-state index contributed by atoms with van der Waals surface area (Å²) in [5, 5.41) is 3.26. The number of amides is 1. The molecule has 0 radical (unpaired) electrons. The van der Waals surface area contributed by atoms with Gasteiger partial charge in [-0.25, -0.2) is 4.98 Å². The average molecular weight is 417 g/mol. The van der Waals surface area contributed by atoms with E-state index in [9.17, 15) is 9.59 Å². The van der Waals surface area contributed by atoms with E-state index in [1.807, 2.05) is 6.07 Å². The topological polar surface area (TPSA) is 66.7 Å². The number of hydrogen-bond acceptors (Lipinski definition) is 6. The Kier molecular flexibility index (Phi) is 6.51. The van der Waals surface area contributed by atoms with Gasteiger partial charge in [0, 0.05) is 19.3 Å². The first-order chi connectivity index (χ1) is 13.4. The van der Waals surface area contributed by atoms with Crippen LogP contribution in [0.4, 0.5) is 5.82 Å². The van der Waals surface area contributed by atoms with Gasteiger partial charge >= 0.3 is 0 Å². The number of thioether (sulfide) groups is 1. The Morgan fingerprint density at radius 3 is 2.82 bits per heavy atom. The number of pyridine rings is 1. The number of unbranched alkanes of at least 4 members (excludes halogenated alkanes) is 1. The number of thiocarbonyl (C=S) groups is 1. The van der Waals surface area contributed by atoms with Crippen molar-refractivity contribution in [3.05, 3.63) is 45.2 Å². The summed E-state index contributed by atoms with van der Waals surface area (Å²) in [6.07, 6.45) is 5.18. The van der Waals surface area contributed by atoms with Crippen LogP contribution in [-0.2, 0) is 4.79 Å². The van der Waals surface area contributed by atoms with Crippen LogP contribution >= 0.6 is 24.0 Å². The van der Waals surface area contributed by atoms with Crippen LogP contribution in [0.2, 0.25) is 0 Å². The molecule has 1 fully saturated rings. The van der Waals surface area contributed by atoms with Gasteiger partial charge in [0.2, 0.25) is 0 Å². The van der Waals surface area contributed by atoms with Gasteiger partial charge in [0.1, 0.15) is 15.8 Å². The standard InChI is InChI=1S/C20H24N4O2S2/c1-4-5-9-24-19(26)15(28-20(24)27)11-14-17(21-12-13(2)3)22-16-8-6-7-10-23(16)18(14)25/h6-8,10-11,13,21H,4-5,9,12H2,1-3H3/b15-11-. The van der Waals surface area contributed by atoms with Crippen molar-refractivity contribution in [2.24, 2.45) is 5.92 Å². The van der Waals surface area contributed by atoms with Gasteiger partial charge in [-0.15, -0.1) is 0 Å². The SMILES string of the molecule is CCCCN1C(=O)/C(=C/c2c(NCC(C)C)nc3ccccn3c2=O)SC1=S. The van der Waals surface area contributed by atoms with Crippen molar-refractivity contribution in [3.8, 4) is 0 Å². The first-order valence-electron chi connectivity index (χ1n) is 9.43. The zero-order valence-corrected chi connectivity index (χ0v) is 17.9. The maximum Gasteiger partial charge on any atom is 0.267 e. The van der Waals surface area contributed by atoms with Crippen LogP contribution in [0.3, 0.4) is 0 Å². The molecule has 2 aromatic rings. The Hall–Kier alpha value is -2.19. The smallest absolute Gasteiger partial charge is 0.267 e. The van der Waals surface area contributed by atoms with Gasteiger partial charge in [0.25, 0.3) is 11.5 Å². The summed E-state index contributed by atoms with van der Waals surface area (Å²) in [5.41, 5.74) is 0.724. The molecule has 1 N–H and O–H groups in total. The van der Waals surface area contributed by atoms with Crippen LogP contribution in [0.5, 0.6) is 0 Å². The molecule has 0 spiro atoms. The second kappa shape index (κ2) is 8.87. The van der Waals surface area contributed by atoms with Crippen molar-refractivity contribution < 1.29 is 4.79 Å². The molecule has 0 saturated carbocycles. The summed E-state index contributed by atoms with van der Waals surface area (Å²) in [6, 6.07) is 5.41. The molecule has 6 nitrogen and oxygen atoms in total. The fraction of sp³-hybridized carbons (Fsp3) is 0.400. The predicted octanol–water partition coefficient (Wildman–Crippen LogP) is 3.76. The number of rotatable bonds is 7. The Morgan fingerprint density at radius 1 is 1.32 bits per heavy atom. The molecule has 1 aliphatic rings. The summed E-state index contributed by atoms with van der Waals surface area (Å²) in [4.78, 5) is 32.6. The lowest BCUT2D eigenvalue weighted by Crippen LogP contribution is -2.29. The highest BCUT2D eigenvalue weighted by molar-refractivity contribution is 8.26. The Bertz CT molecular complexity index is 997. The number of aromatic nitrogens is 2. The number of hydrogen-bond donors (Lipinski definition) is 1. The second-order valence-electron chi connectivity index (χ2n) is 7.07. The van der Waals surface area contributed by atoms with E-state index < -0.39 is 0 Å². The molecule has 0 unspecified atom stereocenters. The number of nitrogens with one attached hydrogen (secondary N) is 1. The molecule has 2 aromatic heterocycles. The average Bonchev–Trinajstić information content (AvgIpc) is 2.94. The molecule has 1 aliphatic heterocycles. The van der Waals surface area contributed by atoms with Crippen molar-refractivity contribution in [3.63, 3.8) is 0 Å². The third-order valence-corrected chi connectivity index (χ3v) is 5.71. The van der Waals surface area contributed by atoms with Gasteiger partial charge in [-0.05, 0) is 30.5 Å². The third-order valence-electron chi connectivity index (χ3n) is 4.33. The molecule has 0 bridgehead atoms. The van der Waals surface area contributed by atoms with Crippen LogP contribution in [0.1, 0.15) is 39.2 Å². The zero-order chi connectivity index (χ0) is 20.3. The van der Waals surface area contributed by atoms with Crippen LogP contribution in [0, 0.1) is 5.92 Å². The van der Waals surface area contributed by atoms with Crippen LogP contribution in [-0.4, -0.2) is 37.6 Å². The minimum atomic E-state index is -0.212. The van der Waals surface area contributed by atoms with Gasteiger partial charge in [-0.2, -0.15) is 0 Å². The highest BCUT2D eigenvalue weighted by Gasteiger charge is 2.32. The minimum absolute atomic E-state index is 0.143. The monoisotopic (exact) mass is 416 g/mol. The Balaban J connectivity index is 2.06. The molecule has 1 saturated heterocycles. The van der Waals surface area contributed by atoms with Gasteiger partial charge in [-0.3, -0.25) is 18.9 Å². The minimum Gasteiger partial charge on any atom is -0.369 e.